The molecule has 2 bridgehead atoms. The highest BCUT2D eigenvalue weighted by atomic mass is 19.3. The van der Waals surface area contributed by atoms with Crippen LogP contribution in [0.1, 0.15) is 77.6 Å². The third-order valence-electron chi connectivity index (χ3n) is 8.15. The number of hydrogen-bond acceptors (Lipinski definition) is 7. The Kier molecular flexibility index (Phi) is 5.03. The van der Waals surface area contributed by atoms with Crippen LogP contribution in [0.15, 0.2) is 42.9 Å². The van der Waals surface area contributed by atoms with Gasteiger partial charge in [-0.15, -0.1) is 0 Å². The van der Waals surface area contributed by atoms with Gasteiger partial charge in [0.25, 0.3) is 5.91 Å². The zero-order chi connectivity index (χ0) is 26.2. The van der Waals surface area contributed by atoms with Crippen molar-refractivity contribution < 1.29 is 18.3 Å². The standard InChI is InChI=1S/C27H25F2N7O2/c1-2-35-18-11-16(20-15(24(35)37)5-3-6-19(20)38-26(28)29)21-22(18)34-36-10-7-17(33-23(21)36)14-12-31-25(32-13-14)27(30)8-4-9-27/h3,5-7,10,12-13,16,18,26H,2,4,8-9,11,30H2,1H3. The second kappa shape index (κ2) is 8.26. The van der Waals surface area contributed by atoms with Crippen molar-refractivity contribution in [2.24, 2.45) is 5.73 Å². The Morgan fingerprint density at radius 3 is 2.66 bits per heavy atom. The lowest BCUT2D eigenvalue weighted by Gasteiger charge is -2.36. The number of benzene rings is 1. The van der Waals surface area contributed by atoms with E-state index in [9.17, 15) is 13.6 Å². The molecule has 11 heteroatoms. The Balaban J connectivity index is 1.38. The van der Waals surface area contributed by atoms with Gasteiger partial charge in [-0.1, -0.05) is 6.07 Å². The molecule has 0 saturated heterocycles. The van der Waals surface area contributed by atoms with Crippen molar-refractivity contribution in [3.05, 3.63) is 71.1 Å². The van der Waals surface area contributed by atoms with Crippen LogP contribution in [-0.2, 0) is 5.54 Å². The molecule has 194 valence electrons. The first-order valence-corrected chi connectivity index (χ1v) is 12.8. The zero-order valence-corrected chi connectivity index (χ0v) is 20.6. The van der Waals surface area contributed by atoms with Crippen molar-refractivity contribution in [2.75, 3.05) is 6.54 Å². The summed E-state index contributed by atoms with van der Waals surface area (Å²) in [7, 11) is 0. The van der Waals surface area contributed by atoms with Crippen LogP contribution in [0.5, 0.6) is 5.75 Å². The third-order valence-corrected chi connectivity index (χ3v) is 8.15. The number of rotatable bonds is 5. The highest BCUT2D eigenvalue weighted by Crippen LogP contribution is 2.53. The Bertz CT molecular complexity index is 1580. The predicted octanol–water partition coefficient (Wildman–Crippen LogP) is 4.18. The third kappa shape index (κ3) is 3.27. The first kappa shape index (κ1) is 23.2. The van der Waals surface area contributed by atoms with Crippen molar-refractivity contribution in [2.45, 2.75) is 56.7 Å². The topological polar surface area (TPSA) is 112 Å². The van der Waals surface area contributed by atoms with Crippen molar-refractivity contribution in [1.82, 2.24) is 29.5 Å². The normalized spacial score (nSPS) is 21.3. The smallest absolute Gasteiger partial charge is 0.387 e. The fraction of sp³-hybridized carbons (Fsp3) is 0.370. The van der Waals surface area contributed by atoms with Crippen LogP contribution in [0.25, 0.3) is 16.9 Å². The minimum atomic E-state index is -3.01. The van der Waals surface area contributed by atoms with Crippen LogP contribution < -0.4 is 10.5 Å². The SMILES string of the molecule is CCN1C(=O)c2cccc(OC(F)F)c2C2CC1c1nn3ccc(-c4cnc(C5(N)CCC5)nc4)nc3c12. The predicted molar refractivity (Wildman–Crippen MR) is 133 cm³/mol. The quantitative estimate of drug-likeness (QED) is 0.423. The molecule has 1 saturated carbocycles. The summed E-state index contributed by atoms with van der Waals surface area (Å²) in [6, 6.07) is 6.28. The summed E-state index contributed by atoms with van der Waals surface area (Å²) in [4.78, 5) is 29.2. The van der Waals surface area contributed by atoms with Crippen LogP contribution in [0.4, 0.5) is 8.78 Å². The van der Waals surface area contributed by atoms with E-state index in [-0.39, 0.29) is 23.6 Å². The summed E-state index contributed by atoms with van der Waals surface area (Å²) in [5, 5.41) is 4.80. The van der Waals surface area contributed by atoms with Gasteiger partial charge in [-0.05, 0) is 50.8 Å². The van der Waals surface area contributed by atoms with Crippen LogP contribution in [0.3, 0.4) is 0 Å². The molecular weight excluding hydrogens is 492 g/mol. The number of ether oxygens (including phenoxy) is 1. The van der Waals surface area contributed by atoms with Gasteiger partial charge in [0.1, 0.15) is 11.6 Å². The second-order valence-corrected chi connectivity index (χ2v) is 10.2. The molecule has 2 N–H and O–H groups in total. The summed E-state index contributed by atoms with van der Waals surface area (Å²) < 4.78 is 33.3. The average molecular weight is 518 g/mol. The summed E-state index contributed by atoms with van der Waals surface area (Å²) in [5.41, 5.74) is 10.3. The molecule has 7 rings (SSSR count). The maximum atomic E-state index is 13.5. The molecule has 9 nitrogen and oxygen atoms in total. The molecule has 3 aromatic heterocycles. The van der Waals surface area contributed by atoms with Crippen LogP contribution >= 0.6 is 0 Å². The Labute approximate surface area is 216 Å². The number of carbonyl (C=O) groups is 1. The number of alkyl halides is 2. The molecule has 2 aliphatic carbocycles. The molecule has 38 heavy (non-hydrogen) atoms. The van der Waals surface area contributed by atoms with E-state index in [0.717, 1.165) is 36.1 Å². The largest absolute Gasteiger partial charge is 0.434 e. The van der Waals surface area contributed by atoms with E-state index < -0.39 is 12.2 Å². The molecule has 2 atom stereocenters. The van der Waals surface area contributed by atoms with Gasteiger partial charge in [-0.3, -0.25) is 4.79 Å². The maximum Gasteiger partial charge on any atom is 0.387 e. The van der Waals surface area contributed by atoms with Gasteiger partial charge in [0.2, 0.25) is 0 Å². The summed E-state index contributed by atoms with van der Waals surface area (Å²) in [5.74, 6) is 0.0467. The summed E-state index contributed by atoms with van der Waals surface area (Å²) in [6.45, 7) is -0.656. The average Bonchev–Trinajstić information content (AvgIpc) is 3.41. The fourth-order valence-corrected chi connectivity index (χ4v) is 6.14. The zero-order valence-electron chi connectivity index (χ0n) is 20.6. The Morgan fingerprint density at radius 1 is 1.18 bits per heavy atom. The van der Waals surface area contributed by atoms with Gasteiger partial charge >= 0.3 is 6.61 Å². The first-order chi connectivity index (χ1) is 18.4. The lowest BCUT2D eigenvalue weighted by atomic mass is 9.77. The van der Waals surface area contributed by atoms with Crippen molar-refractivity contribution >= 4 is 11.6 Å². The number of nitrogens with two attached hydrogens (primary N) is 1. The minimum absolute atomic E-state index is 0.00612. The molecule has 1 fully saturated rings. The van der Waals surface area contributed by atoms with Gasteiger partial charge in [-0.2, -0.15) is 13.9 Å². The number of halogens is 2. The molecule has 4 heterocycles. The molecule has 4 aromatic rings. The Morgan fingerprint density at radius 2 is 1.97 bits per heavy atom. The maximum absolute atomic E-state index is 13.5. The monoisotopic (exact) mass is 517 g/mol. The van der Waals surface area contributed by atoms with Crippen molar-refractivity contribution in [3.63, 3.8) is 0 Å². The van der Waals surface area contributed by atoms with E-state index in [0.29, 0.717) is 41.3 Å². The van der Waals surface area contributed by atoms with Crippen LogP contribution in [0.2, 0.25) is 0 Å². The van der Waals surface area contributed by atoms with E-state index in [2.05, 4.69) is 9.97 Å². The van der Waals surface area contributed by atoms with E-state index in [1.54, 1.807) is 33.9 Å². The summed E-state index contributed by atoms with van der Waals surface area (Å²) >= 11 is 0. The number of aromatic nitrogens is 5. The highest BCUT2D eigenvalue weighted by Gasteiger charge is 2.47. The molecular formula is C27H25F2N7O2. The molecule has 3 aliphatic rings. The molecule has 0 radical (unpaired) electrons. The van der Waals surface area contributed by atoms with E-state index in [4.69, 9.17) is 20.6 Å². The summed E-state index contributed by atoms with van der Waals surface area (Å²) in [6.07, 6.45) is 8.61. The number of fused-ring (bicyclic) bond motifs is 9. The Hall–Kier alpha value is -3.99. The van der Waals surface area contributed by atoms with Gasteiger partial charge in [-0.25, -0.2) is 19.5 Å². The molecule has 1 amide bonds. The van der Waals surface area contributed by atoms with E-state index in [1.807, 2.05) is 19.2 Å². The van der Waals surface area contributed by atoms with Crippen molar-refractivity contribution in [1.29, 1.82) is 0 Å². The van der Waals surface area contributed by atoms with Gasteiger partial charge in [0.05, 0.1) is 23.0 Å². The van der Waals surface area contributed by atoms with Gasteiger partial charge in [0.15, 0.2) is 5.65 Å². The first-order valence-electron chi connectivity index (χ1n) is 12.8. The molecule has 2 unspecified atom stereocenters. The van der Waals surface area contributed by atoms with E-state index in [1.165, 1.54) is 6.07 Å². The molecule has 1 aromatic carbocycles. The second-order valence-electron chi connectivity index (χ2n) is 10.2. The minimum Gasteiger partial charge on any atom is -0.434 e. The van der Waals surface area contributed by atoms with Gasteiger partial charge in [0, 0.05) is 53.3 Å². The number of hydrogen-bond donors (Lipinski definition) is 1. The fourth-order valence-electron chi connectivity index (χ4n) is 6.14. The highest BCUT2D eigenvalue weighted by molar-refractivity contribution is 5.98. The number of carbonyl (C=O) groups excluding carboxylic acids is 1. The van der Waals surface area contributed by atoms with Gasteiger partial charge < -0.3 is 15.4 Å². The molecule has 1 aliphatic heterocycles. The van der Waals surface area contributed by atoms with Crippen LogP contribution in [0, 0.1) is 0 Å². The van der Waals surface area contributed by atoms with Crippen LogP contribution in [-0.4, -0.2) is 48.5 Å². The number of nitrogens with zero attached hydrogens (tertiary/aromatic N) is 6. The number of amides is 1. The lowest BCUT2D eigenvalue weighted by molar-refractivity contribution is -0.0505. The van der Waals surface area contributed by atoms with Crippen molar-refractivity contribution in [3.8, 4) is 17.0 Å². The molecule has 0 spiro atoms. The lowest BCUT2D eigenvalue weighted by Crippen LogP contribution is -2.44. The van der Waals surface area contributed by atoms with E-state index >= 15 is 0 Å².